The molecule has 0 saturated carbocycles. The summed E-state index contributed by atoms with van der Waals surface area (Å²) in [4.78, 5) is 25.0. The molecule has 28 heavy (non-hydrogen) atoms. The van der Waals surface area contributed by atoms with Gasteiger partial charge in [-0.05, 0) is 30.3 Å². The van der Waals surface area contributed by atoms with Crippen molar-refractivity contribution in [1.29, 1.82) is 0 Å². The minimum atomic E-state index is -0.713. The fourth-order valence-electron chi connectivity index (χ4n) is 2.36. The van der Waals surface area contributed by atoms with Crippen molar-refractivity contribution in [3.05, 3.63) is 59.4 Å². The number of tetrazole rings is 1. The van der Waals surface area contributed by atoms with E-state index in [2.05, 4.69) is 15.4 Å². The fraction of sp³-hybridized carbons (Fsp3) is 0.211. The zero-order valence-corrected chi connectivity index (χ0v) is 15.3. The van der Waals surface area contributed by atoms with Crippen LogP contribution >= 0.6 is 0 Å². The van der Waals surface area contributed by atoms with Crippen molar-refractivity contribution in [3.63, 3.8) is 0 Å². The second-order valence-corrected chi connectivity index (χ2v) is 5.94. The number of aromatic nitrogens is 4. The van der Waals surface area contributed by atoms with Crippen LogP contribution in [-0.2, 0) is 16.1 Å². The number of aryl methyl sites for hydroxylation is 1. The van der Waals surface area contributed by atoms with E-state index in [1.807, 2.05) is 31.2 Å². The number of methoxy groups -OCH3 is 1. The van der Waals surface area contributed by atoms with E-state index in [4.69, 9.17) is 9.47 Å². The highest BCUT2D eigenvalue weighted by molar-refractivity contribution is 5.98. The van der Waals surface area contributed by atoms with E-state index in [0.29, 0.717) is 5.82 Å². The predicted octanol–water partition coefficient (Wildman–Crippen LogP) is 2.22. The number of rotatable bonds is 7. The third-order valence-electron chi connectivity index (χ3n) is 3.87. The molecule has 0 aliphatic rings. The predicted molar refractivity (Wildman–Crippen MR) is 96.2 cm³/mol. The molecule has 9 heteroatoms. The first kappa shape index (κ1) is 19.2. The smallest absolute Gasteiger partial charge is 0.330 e. The lowest BCUT2D eigenvalue weighted by atomic mass is 10.1. The first-order valence-corrected chi connectivity index (χ1v) is 8.33. The van der Waals surface area contributed by atoms with Crippen LogP contribution in [0.15, 0.2) is 42.5 Å². The van der Waals surface area contributed by atoms with Crippen LogP contribution in [0.1, 0.15) is 15.9 Å². The monoisotopic (exact) mass is 384 g/mol. The number of ketones is 1. The number of hydrogen-bond acceptors (Lipinski definition) is 7. The molecule has 0 fully saturated rings. The summed E-state index contributed by atoms with van der Waals surface area (Å²) >= 11 is 0. The summed E-state index contributed by atoms with van der Waals surface area (Å²) in [6.07, 6.45) is 0. The average molecular weight is 384 g/mol. The van der Waals surface area contributed by atoms with Crippen LogP contribution in [0, 0.1) is 12.7 Å². The zero-order valence-electron chi connectivity index (χ0n) is 15.3. The summed E-state index contributed by atoms with van der Waals surface area (Å²) in [5.74, 6) is -1.53. The Kier molecular flexibility index (Phi) is 5.73. The Bertz CT molecular complexity index is 1000. The highest BCUT2D eigenvalue weighted by Gasteiger charge is 2.14. The number of benzene rings is 2. The van der Waals surface area contributed by atoms with Gasteiger partial charge in [-0.3, -0.25) is 4.79 Å². The SMILES string of the molecule is COc1ccc(C(=O)COC(=O)Cn2nnc(-c3ccc(C)cc3)n2)cc1F. The van der Waals surface area contributed by atoms with Gasteiger partial charge in [0.25, 0.3) is 0 Å². The third-order valence-corrected chi connectivity index (χ3v) is 3.87. The average Bonchev–Trinajstić information content (AvgIpc) is 3.15. The highest BCUT2D eigenvalue weighted by Crippen LogP contribution is 2.18. The lowest BCUT2D eigenvalue weighted by molar-refractivity contribution is -0.143. The zero-order chi connectivity index (χ0) is 20.1. The van der Waals surface area contributed by atoms with Gasteiger partial charge in [-0.25, -0.2) is 9.18 Å². The van der Waals surface area contributed by atoms with Crippen molar-refractivity contribution < 1.29 is 23.5 Å². The van der Waals surface area contributed by atoms with Crippen molar-refractivity contribution in [2.45, 2.75) is 13.5 Å². The summed E-state index contributed by atoms with van der Waals surface area (Å²) in [7, 11) is 1.32. The van der Waals surface area contributed by atoms with Crippen LogP contribution in [0.3, 0.4) is 0 Å². The van der Waals surface area contributed by atoms with Gasteiger partial charge in [0.1, 0.15) is 0 Å². The summed E-state index contributed by atoms with van der Waals surface area (Å²) in [5.41, 5.74) is 1.94. The third kappa shape index (κ3) is 4.56. The number of carbonyl (C=O) groups excluding carboxylic acids is 2. The van der Waals surface area contributed by atoms with Crippen LogP contribution in [0.4, 0.5) is 4.39 Å². The lowest BCUT2D eigenvalue weighted by Gasteiger charge is -2.06. The molecule has 0 aliphatic carbocycles. The Labute approximate surface area is 159 Å². The van der Waals surface area contributed by atoms with Gasteiger partial charge >= 0.3 is 5.97 Å². The molecule has 1 aromatic heterocycles. The highest BCUT2D eigenvalue weighted by atomic mass is 19.1. The maximum atomic E-state index is 13.6. The van der Waals surface area contributed by atoms with Crippen molar-refractivity contribution >= 4 is 11.8 Å². The molecule has 8 nitrogen and oxygen atoms in total. The summed E-state index contributed by atoms with van der Waals surface area (Å²) in [5, 5.41) is 11.8. The van der Waals surface area contributed by atoms with Crippen LogP contribution < -0.4 is 4.74 Å². The van der Waals surface area contributed by atoms with Crippen molar-refractivity contribution in [3.8, 4) is 17.1 Å². The molecular formula is C19H17FN4O4. The van der Waals surface area contributed by atoms with E-state index in [-0.39, 0.29) is 17.9 Å². The maximum absolute atomic E-state index is 13.6. The van der Waals surface area contributed by atoms with Crippen LogP contribution in [0.2, 0.25) is 0 Å². The van der Waals surface area contributed by atoms with E-state index in [0.717, 1.165) is 22.0 Å². The quantitative estimate of drug-likeness (QED) is 0.455. The van der Waals surface area contributed by atoms with Gasteiger partial charge in [-0.15, -0.1) is 10.2 Å². The van der Waals surface area contributed by atoms with E-state index < -0.39 is 24.2 Å². The van der Waals surface area contributed by atoms with Gasteiger partial charge in [0, 0.05) is 11.1 Å². The number of halogens is 1. The van der Waals surface area contributed by atoms with Gasteiger partial charge in [0.15, 0.2) is 30.5 Å². The summed E-state index contributed by atoms with van der Waals surface area (Å²) in [6.45, 7) is 1.14. The molecule has 0 N–H and O–H groups in total. The summed E-state index contributed by atoms with van der Waals surface area (Å²) in [6, 6.07) is 11.3. The van der Waals surface area contributed by atoms with Crippen LogP contribution in [0.25, 0.3) is 11.4 Å². The van der Waals surface area contributed by atoms with Crippen molar-refractivity contribution in [2.24, 2.45) is 0 Å². The van der Waals surface area contributed by atoms with Crippen molar-refractivity contribution in [1.82, 2.24) is 20.2 Å². The van der Waals surface area contributed by atoms with Gasteiger partial charge in [0.05, 0.1) is 7.11 Å². The lowest BCUT2D eigenvalue weighted by Crippen LogP contribution is -2.20. The normalized spacial score (nSPS) is 10.5. The Hall–Kier alpha value is -3.62. The molecule has 144 valence electrons. The van der Waals surface area contributed by atoms with E-state index in [1.54, 1.807) is 0 Å². The Balaban J connectivity index is 1.55. The number of carbonyl (C=O) groups is 2. The van der Waals surface area contributed by atoms with Crippen LogP contribution in [-0.4, -0.2) is 45.7 Å². The molecule has 0 spiro atoms. The summed E-state index contributed by atoms with van der Waals surface area (Å²) < 4.78 is 23.4. The molecule has 0 radical (unpaired) electrons. The largest absolute Gasteiger partial charge is 0.494 e. The minimum Gasteiger partial charge on any atom is -0.494 e. The number of Topliss-reactive ketones (excluding diaryl/α,β-unsaturated/α-hetero) is 1. The molecule has 2 aromatic carbocycles. The molecule has 3 aromatic rings. The molecular weight excluding hydrogens is 367 g/mol. The number of ether oxygens (including phenoxy) is 2. The van der Waals surface area contributed by atoms with Gasteiger partial charge in [-0.1, -0.05) is 29.8 Å². The van der Waals surface area contributed by atoms with Gasteiger partial charge in [0.2, 0.25) is 5.82 Å². The van der Waals surface area contributed by atoms with Gasteiger partial charge < -0.3 is 9.47 Å². The number of esters is 1. The number of hydrogen-bond donors (Lipinski definition) is 0. The number of nitrogens with zero attached hydrogens (tertiary/aromatic N) is 4. The molecule has 0 bridgehead atoms. The first-order chi connectivity index (χ1) is 13.5. The Morgan fingerprint density at radius 3 is 2.57 bits per heavy atom. The second kappa shape index (κ2) is 8.38. The topological polar surface area (TPSA) is 96.2 Å². The first-order valence-electron chi connectivity index (χ1n) is 8.33. The maximum Gasteiger partial charge on any atom is 0.330 e. The van der Waals surface area contributed by atoms with E-state index in [1.165, 1.54) is 19.2 Å². The van der Waals surface area contributed by atoms with Gasteiger partial charge in [-0.2, -0.15) is 4.80 Å². The van der Waals surface area contributed by atoms with E-state index in [9.17, 15) is 14.0 Å². The molecule has 0 saturated heterocycles. The molecule has 0 aliphatic heterocycles. The second-order valence-electron chi connectivity index (χ2n) is 5.94. The standard InChI is InChI=1S/C19H17FN4O4/c1-12-3-5-13(6-4-12)19-21-23-24(22-19)10-18(26)28-11-16(25)14-7-8-17(27-2)15(20)9-14/h3-9H,10-11H2,1-2H3. The minimum absolute atomic E-state index is 0.0233. The van der Waals surface area contributed by atoms with E-state index >= 15 is 0 Å². The molecule has 3 rings (SSSR count). The molecule has 0 atom stereocenters. The Morgan fingerprint density at radius 2 is 1.89 bits per heavy atom. The Morgan fingerprint density at radius 1 is 1.14 bits per heavy atom. The molecule has 0 unspecified atom stereocenters. The molecule has 0 amide bonds. The van der Waals surface area contributed by atoms with Crippen molar-refractivity contribution in [2.75, 3.05) is 13.7 Å². The molecule has 1 heterocycles. The van der Waals surface area contributed by atoms with Crippen LogP contribution in [0.5, 0.6) is 5.75 Å². The fourth-order valence-corrected chi connectivity index (χ4v) is 2.36.